The number of aliphatic carboxylic acids is 1. The molecular formula is C13H23NO4S. The van der Waals surface area contributed by atoms with Crippen LogP contribution in [0.4, 0.5) is 0 Å². The summed E-state index contributed by atoms with van der Waals surface area (Å²) >= 11 is 0. The van der Waals surface area contributed by atoms with Gasteiger partial charge in [-0.15, -0.1) is 0 Å². The van der Waals surface area contributed by atoms with Crippen molar-refractivity contribution in [2.75, 3.05) is 12.8 Å². The molecule has 0 bridgehead atoms. The zero-order chi connectivity index (χ0) is 14.6. The number of carboxylic acid groups (broad SMARTS) is 1. The average molecular weight is 289 g/mol. The fraction of sp³-hybridized carbons (Fsp3) is 0.846. The van der Waals surface area contributed by atoms with Gasteiger partial charge < -0.3 is 10.4 Å². The highest BCUT2D eigenvalue weighted by Crippen LogP contribution is 2.36. The van der Waals surface area contributed by atoms with Crippen LogP contribution in [0, 0.1) is 17.8 Å². The largest absolute Gasteiger partial charge is 0.481 e. The second-order valence-electron chi connectivity index (χ2n) is 5.52. The third-order valence-electron chi connectivity index (χ3n) is 3.87. The van der Waals surface area contributed by atoms with E-state index in [-0.39, 0.29) is 17.1 Å². The Morgan fingerprint density at radius 2 is 1.95 bits per heavy atom. The van der Waals surface area contributed by atoms with Gasteiger partial charge in [-0.05, 0) is 25.2 Å². The Bertz CT molecular complexity index is 372. The van der Waals surface area contributed by atoms with Gasteiger partial charge in [0.05, 0.1) is 11.8 Å². The van der Waals surface area contributed by atoms with Crippen LogP contribution in [-0.4, -0.2) is 39.2 Å². The summed E-state index contributed by atoms with van der Waals surface area (Å²) < 4.78 is 11.2. The van der Waals surface area contributed by atoms with E-state index >= 15 is 0 Å². The molecule has 1 amide bonds. The molecule has 2 N–H and O–H groups in total. The topological polar surface area (TPSA) is 83.5 Å². The Labute approximate surface area is 116 Å². The van der Waals surface area contributed by atoms with Gasteiger partial charge in [0.15, 0.2) is 0 Å². The van der Waals surface area contributed by atoms with Gasteiger partial charge in [-0.3, -0.25) is 13.8 Å². The van der Waals surface area contributed by atoms with Gasteiger partial charge in [0.25, 0.3) is 0 Å². The van der Waals surface area contributed by atoms with Crippen molar-refractivity contribution in [3.05, 3.63) is 0 Å². The summed E-state index contributed by atoms with van der Waals surface area (Å²) in [5.74, 6) is -1.76. The van der Waals surface area contributed by atoms with Crippen LogP contribution in [0.2, 0.25) is 0 Å². The first-order valence-electron chi connectivity index (χ1n) is 6.65. The molecule has 5 unspecified atom stereocenters. The van der Waals surface area contributed by atoms with Crippen LogP contribution >= 0.6 is 0 Å². The van der Waals surface area contributed by atoms with E-state index in [4.69, 9.17) is 5.11 Å². The van der Waals surface area contributed by atoms with Gasteiger partial charge in [0.2, 0.25) is 5.91 Å². The standard InChI is InChI=1S/C13H23NO4S/c1-8-6-10(11(7-8)13(16)17)12(15)14-5-4-9(2)19(3)18/h8-11H,4-7H2,1-3H3,(H,14,15)(H,16,17). The highest BCUT2D eigenvalue weighted by Gasteiger charge is 2.40. The highest BCUT2D eigenvalue weighted by atomic mass is 32.2. The molecule has 19 heavy (non-hydrogen) atoms. The minimum absolute atomic E-state index is 0.0399. The fourth-order valence-corrected chi connectivity index (χ4v) is 3.00. The Morgan fingerprint density at radius 1 is 1.37 bits per heavy atom. The van der Waals surface area contributed by atoms with E-state index in [0.29, 0.717) is 25.8 Å². The number of rotatable bonds is 6. The van der Waals surface area contributed by atoms with Crippen LogP contribution in [0.5, 0.6) is 0 Å². The van der Waals surface area contributed by atoms with Crippen LogP contribution in [0.25, 0.3) is 0 Å². The maximum absolute atomic E-state index is 12.0. The first kappa shape index (κ1) is 16.1. The number of nitrogens with one attached hydrogen (secondary N) is 1. The summed E-state index contributed by atoms with van der Waals surface area (Å²) in [5, 5.41) is 11.9. The van der Waals surface area contributed by atoms with Crippen molar-refractivity contribution in [3.8, 4) is 0 Å². The highest BCUT2D eigenvalue weighted by molar-refractivity contribution is 7.84. The second-order valence-corrected chi connectivity index (χ2v) is 7.32. The minimum atomic E-state index is -0.892. The van der Waals surface area contributed by atoms with Gasteiger partial charge in [0, 0.05) is 28.9 Å². The van der Waals surface area contributed by atoms with E-state index in [0.717, 1.165) is 0 Å². The summed E-state index contributed by atoms with van der Waals surface area (Å²) in [6.45, 7) is 4.31. The van der Waals surface area contributed by atoms with Gasteiger partial charge in [-0.1, -0.05) is 13.8 Å². The van der Waals surface area contributed by atoms with Crippen molar-refractivity contribution in [3.63, 3.8) is 0 Å². The predicted molar refractivity (Wildman–Crippen MR) is 74.2 cm³/mol. The summed E-state index contributed by atoms with van der Waals surface area (Å²) in [6, 6.07) is 0. The minimum Gasteiger partial charge on any atom is -0.481 e. The van der Waals surface area contributed by atoms with E-state index in [9.17, 15) is 13.8 Å². The summed E-state index contributed by atoms with van der Waals surface area (Å²) in [4.78, 5) is 23.1. The molecule has 5 atom stereocenters. The van der Waals surface area contributed by atoms with Crippen LogP contribution in [0.1, 0.15) is 33.1 Å². The summed E-state index contributed by atoms with van der Waals surface area (Å²) in [7, 11) is -0.892. The van der Waals surface area contributed by atoms with Crippen molar-refractivity contribution < 1.29 is 18.9 Å². The van der Waals surface area contributed by atoms with E-state index in [1.54, 1.807) is 6.26 Å². The van der Waals surface area contributed by atoms with Crippen LogP contribution < -0.4 is 5.32 Å². The van der Waals surface area contributed by atoms with Crippen LogP contribution in [0.3, 0.4) is 0 Å². The van der Waals surface area contributed by atoms with Crippen molar-refractivity contribution >= 4 is 22.7 Å². The first-order valence-corrected chi connectivity index (χ1v) is 8.27. The third-order valence-corrected chi connectivity index (χ3v) is 5.24. The average Bonchev–Trinajstić information content (AvgIpc) is 2.71. The van der Waals surface area contributed by atoms with Crippen LogP contribution in [-0.2, 0) is 20.4 Å². The molecular weight excluding hydrogens is 266 g/mol. The quantitative estimate of drug-likeness (QED) is 0.764. The van der Waals surface area contributed by atoms with Gasteiger partial charge in [-0.2, -0.15) is 0 Å². The zero-order valence-electron chi connectivity index (χ0n) is 11.7. The number of carboxylic acids is 1. The summed E-state index contributed by atoms with van der Waals surface area (Å²) in [6.07, 6.45) is 3.50. The monoisotopic (exact) mass is 289 g/mol. The lowest BCUT2D eigenvalue weighted by Gasteiger charge is -2.16. The van der Waals surface area contributed by atoms with Crippen molar-refractivity contribution in [1.82, 2.24) is 5.32 Å². The smallest absolute Gasteiger partial charge is 0.307 e. The normalized spacial score (nSPS) is 29.7. The van der Waals surface area contributed by atoms with E-state index in [1.807, 2.05) is 13.8 Å². The van der Waals surface area contributed by atoms with Gasteiger partial charge in [-0.25, -0.2) is 0 Å². The number of carbonyl (C=O) groups excluding carboxylic acids is 1. The van der Waals surface area contributed by atoms with Crippen molar-refractivity contribution in [1.29, 1.82) is 0 Å². The second kappa shape index (κ2) is 7.03. The fourth-order valence-electron chi connectivity index (χ4n) is 2.55. The van der Waals surface area contributed by atoms with Crippen molar-refractivity contribution in [2.24, 2.45) is 17.8 Å². The molecule has 5 nitrogen and oxygen atoms in total. The molecule has 0 aromatic carbocycles. The maximum Gasteiger partial charge on any atom is 0.307 e. The number of hydrogen-bond donors (Lipinski definition) is 2. The molecule has 0 aromatic heterocycles. The molecule has 0 aliphatic heterocycles. The first-order chi connectivity index (χ1) is 8.82. The van der Waals surface area contributed by atoms with E-state index in [1.165, 1.54) is 0 Å². The molecule has 1 rings (SSSR count). The van der Waals surface area contributed by atoms with Gasteiger partial charge in [0.1, 0.15) is 0 Å². The Balaban J connectivity index is 2.44. The molecule has 0 aromatic rings. The number of amides is 1. The Morgan fingerprint density at radius 3 is 2.47 bits per heavy atom. The number of carbonyl (C=O) groups is 2. The predicted octanol–water partition coefficient (Wildman–Crippen LogP) is 1.01. The molecule has 1 saturated carbocycles. The molecule has 0 saturated heterocycles. The molecule has 0 radical (unpaired) electrons. The third kappa shape index (κ3) is 4.60. The molecule has 6 heteroatoms. The molecule has 0 spiro atoms. The Kier molecular flexibility index (Phi) is 5.97. The van der Waals surface area contributed by atoms with Gasteiger partial charge >= 0.3 is 5.97 Å². The lowest BCUT2D eigenvalue weighted by molar-refractivity contribution is -0.146. The molecule has 1 aliphatic carbocycles. The van der Waals surface area contributed by atoms with E-state index < -0.39 is 28.6 Å². The summed E-state index contributed by atoms with van der Waals surface area (Å²) in [5.41, 5.74) is 0. The molecule has 1 aliphatic rings. The zero-order valence-corrected chi connectivity index (χ0v) is 12.5. The number of hydrogen-bond acceptors (Lipinski definition) is 3. The SMILES string of the molecule is CC1CC(C(=O)O)C(C(=O)NCCC(C)S(C)=O)C1. The molecule has 110 valence electrons. The van der Waals surface area contributed by atoms with Crippen LogP contribution in [0.15, 0.2) is 0 Å². The lowest BCUT2D eigenvalue weighted by atomic mass is 9.95. The Hall–Kier alpha value is -0.910. The van der Waals surface area contributed by atoms with Crippen molar-refractivity contribution in [2.45, 2.75) is 38.4 Å². The van der Waals surface area contributed by atoms with E-state index in [2.05, 4.69) is 5.32 Å². The lowest BCUT2D eigenvalue weighted by Crippen LogP contribution is -2.36. The molecule has 0 heterocycles. The molecule has 1 fully saturated rings. The maximum atomic E-state index is 12.0.